The van der Waals surface area contributed by atoms with Gasteiger partial charge in [-0.3, -0.25) is 4.79 Å². The molecule has 2 aliphatic rings. The van der Waals surface area contributed by atoms with E-state index < -0.39 is 5.41 Å². The van der Waals surface area contributed by atoms with E-state index in [2.05, 4.69) is 5.32 Å². The van der Waals surface area contributed by atoms with E-state index >= 15 is 0 Å². The molecule has 0 bridgehead atoms. The van der Waals surface area contributed by atoms with Crippen LogP contribution in [0.4, 0.5) is 10.1 Å². The highest BCUT2D eigenvalue weighted by Crippen LogP contribution is 2.46. The van der Waals surface area contributed by atoms with Gasteiger partial charge in [0.05, 0.1) is 12.0 Å². The highest BCUT2D eigenvalue weighted by molar-refractivity contribution is 6.31. The molecule has 4 rings (SSSR count). The van der Waals surface area contributed by atoms with E-state index in [1.807, 2.05) is 24.3 Å². The predicted octanol–water partition coefficient (Wildman–Crippen LogP) is 3.26. The Morgan fingerprint density at radius 3 is 2.78 bits per heavy atom. The summed E-state index contributed by atoms with van der Waals surface area (Å²) in [7, 11) is 0. The lowest BCUT2D eigenvalue weighted by Gasteiger charge is -2.23. The maximum Gasteiger partial charge on any atom is 0.239 e. The fourth-order valence-electron chi connectivity index (χ4n) is 3.70. The minimum Gasteiger partial charge on any atom is -0.315 e. The molecule has 2 heterocycles. The Labute approximate surface area is 139 Å². The SMILES string of the molecule is O=C1N(Cc2c(F)cccc2Cl)c2ccccc2C12CCNC2. The summed E-state index contributed by atoms with van der Waals surface area (Å²) in [5, 5.41) is 3.63. The van der Waals surface area contributed by atoms with Crippen molar-refractivity contribution in [3.63, 3.8) is 0 Å². The standard InChI is InChI=1S/C18H16ClFN2O/c19-14-5-3-6-15(20)12(14)10-22-16-7-2-1-4-13(16)18(17(22)23)8-9-21-11-18/h1-7,21H,8-11H2. The van der Waals surface area contributed by atoms with Gasteiger partial charge in [0.25, 0.3) is 0 Å². The third-order valence-electron chi connectivity index (χ3n) is 4.90. The molecule has 1 spiro atoms. The molecule has 1 amide bonds. The summed E-state index contributed by atoms with van der Waals surface area (Å²) >= 11 is 6.14. The molecule has 1 atom stereocenters. The number of benzene rings is 2. The number of carbonyl (C=O) groups is 1. The molecule has 1 saturated heterocycles. The first-order valence-electron chi connectivity index (χ1n) is 7.68. The smallest absolute Gasteiger partial charge is 0.239 e. The molecule has 2 aromatic carbocycles. The van der Waals surface area contributed by atoms with Crippen LogP contribution < -0.4 is 10.2 Å². The molecule has 5 heteroatoms. The van der Waals surface area contributed by atoms with Crippen molar-refractivity contribution in [2.24, 2.45) is 0 Å². The first-order valence-corrected chi connectivity index (χ1v) is 8.06. The Kier molecular flexibility index (Phi) is 3.39. The lowest BCUT2D eigenvalue weighted by atomic mass is 9.81. The zero-order valence-corrected chi connectivity index (χ0v) is 13.2. The number of carbonyl (C=O) groups excluding carboxylic acids is 1. The fraction of sp³-hybridized carbons (Fsp3) is 0.278. The van der Waals surface area contributed by atoms with Gasteiger partial charge in [0.2, 0.25) is 5.91 Å². The number of amides is 1. The predicted molar refractivity (Wildman–Crippen MR) is 88.2 cm³/mol. The van der Waals surface area contributed by atoms with Crippen molar-refractivity contribution in [2.45, 2.75) is 18.4 Å². The van der Waals surface area contributed by atoms with Crippen LogP contribution in [0.2, 0.25) is 5.02 Å². The van der Waals surface area contributed by atoms with Gasteiger partial charge < -0.3 is 10.2 Å². The average molecular weight is 331 g/mol. The van der Waals surface area contributed by atoms with Gasteiger partial charge in [-0.05, 0) is 36.7 Å². The van der Waals surface area contributed by atoms with Gasteiger partial charge in [-0.1, -0.05) is 35.9 Å². The van der Waals surface area contributed by atoms with E-state index in [1.165, 1.54) is 6.07 Å². The quantitative estimate of drug-likeness (QED) is 0.916. The Morgan fingerprint density at radius 2 is 2.04 bits per heavy atom. The van der Waals surface area contributed by atoms with Crippen LogP contribution in [0.5, 0.6) is 0 Å². The van der Waals surface area contributed by atoms with E-state index in [0.717, 1.165) is 24.2 Å². The first-order chi connectivity index (χ1) is 11.1. The normalized spacial score (nSPS) is 22.9. The van der Waals surface area contributed by atoms with Gasteiger partial charge in [0.1, 0.15) is 5.82 Å². The van der Waals surface area contributed by atoms with E-state index in [9.17, 15) is 9.18 Å². The number of halogens is 2. The van der Waals surface area contributed by atoms with E-state index in [4.69, 9.17) is 11.6 Å². The largest absolute Gasteiger partial charge is 0.315 e. The van der Waals surface area contributed by atoms with E-state index in [-0.39, 0.29) is 18.3 Å². The molecule has 1 fully saturated rings. The lowest BCUT2D eigenvalue weighted by Crippen LogP contribution is -2.41. The summed E-state index contributed by atoms with van der Waals surface area (Å²) in [4.78, 5) is 14.8. The molecular formula is C18H16ClFN2O. The lowest BCUT2D eigenvalue weighted by molar-refractivity contribution is -0.122. The Morgan fingerprint density at radius 1 is 1.22 bits per heavy atom. The van der Waals surface area contributed by atoms with Crippen LogP contribution in [-0.2, 0) is 16.8 Å². The van der Waals surface area contributed by atoms with Gasteiger partial charge in [-0.25, -0.2) is 4.39 Å². The molecule has 0 saturated carbocycles. The second kappa shape index (κ2) is 5.32. The molecule has 2 aromatic rings. The highest BCUT2D eigenvalue weighted by atomic mass is 35.5. The summed E-state index contributed by atoms with van der Waals surface area (Å²) in [6, 6.07) is 12.4. The highest BCUT2D eigenvalue weighted by Gasteiger charge is 2.52. The van der Waals surface area contributed by atoms with Crippen LogP contribution in [-0.4, -0.2) is 19.0 Å². The molecule has 2 aliphatic heterocycles. The maximum absolute atomic E-state index is 14.1. The van der Waals surface area contributed by atoms with Crippen molar-refractivity contribution >= 4 is 23.2 Å². The fourth-order valence-corrected chi connectivity index (χ4v) is 3.92. The van der Waals surface area contributed by atoms with Gasteiger partial charge in [0.15, 0.2) is 0 Å². The number of para-hydroxylation sites is 1. The molecule has 0 aromatic heterocycles. The summed E-state index contributed by atoms with van der Waals surface area (Å²) in [6.07, 6.45) is 0.768. The molecule has 1 unspecified atom stereocenters. The molecule has 3 nitrogen and oxygen atoms in total. The molecular weight excluding hydrogens is 315 g/mol. The van der Waals surface area contributed by atoms with Crippen LogP contribution in [0.15, 0.2) is 42.5 Å². The third kappa shape index (κ3) is 2.09. The van der Waals surface area contributed by atoms with Crippen molar-refractivity contribution in [2.75, 3.05) is 18.0 Å². The van der Waals surface area contributed by atoms with Crippen molar-refractivity contribution in [1.29, 1.82) is 0 Å². The van der Waals surface area contributed by atoms with E-state index in [1.54, 1.807) is 17.0 Å². The first kappa shape index (κ1) is 14.7. The second-order valence-corrected chi connectivity index (χ2v) is 6.52. The summed E-state index contributed by atoms with van der Waals surface area (Å²) in [5.41, 5.74) is 1.73. The number of rotatable bonds is 2. The number of hydrogen-bond acceptors (Lipinski definition) is 2. The average Bonchev–Trinajstić information content (AvgIpc) is 3.12. The molecule has 118 valence electrons. The van der Waals surface area contributed by atoms with Gasteiger partial charge in [-0.15, -0.1) is 0 Å². The van der Waals surface area contributed by atoms with Crippen molar-refractivity contribution in [3.8, 4) is 0 Å². The van der Waals surface area contributed by atoms with Crippen molar-refractivity contribution in [1.82, 2.24) is 5.32 Å². The Balaban J connectivity index is 1.79. The number of nitrogens with one attached hydrogen (secondary N) is 1. The minimum atomic E-state index is -0.520. The van der Waals surface area contributed by atoms with Gasteiger partial charge in [0, 0.05) is 22.8 Å². The topological polar surface area (TPSA) is 32.3 Å². The zero-order valence-electron chi connectivity index (χ0n) is 12.5. The number of hydrogen-bond donors (Lipinski definition) is 1. The van der Waals surface area contributed by atoms with Crippen LogP contribution in [0.3, 0.4) is 0 Å². The minimum absolute atomic E-state index is 0.0306. The maximum atomic E-state index is 14.1. The zero-order chi connectivity index (χ0) is 16.0. The van der Waals surface area contributed by atoms with E-state index in [0.29, 0.717) is 17.1 Å². The summed E-state index contributed by atoms with van der Waals surface area (Å²) < 4.78 is 14.1. The number of fused-ring (bicyclic) bond motifs is 2. The van der Waals surface area contributed by atoms with Gasteiger partial charge in [-0.2, -0.15) is 0 Å². The number of anilines is 1. The van der Waals surface area contributed by atoms with Crippen LogP contribution in [0, 0.1) is 5.82 Å². The Bertz CT molecular complexity index is 766. The summed E-state index contributed by atoms with van der Waals surface area (Å²) in [5.74, 6) is -0.351. The molecule has 23 heavy (non-hydrogen) atoms. The van der Waals surface area contributed by atoms with Crippen LogP contribution >= 0.6 is 11.6 Å². The number of nitrogens with zero attached hydrogens (tertiary/aromatic N) is 1. The van der Waals surface area contributed by atoms with Crippen molar-refractivity contribution < 1.29 is 9.18 Å². The van der Waals surface area contributed by atoms with Crippen LogP contribution in [0.1, 0.15) is 17.5 Å². The van der Waals surface area contributed by atoms with Gasteiger partial charge >= 0.3 is 0 Å². The second-order valence-electron chi connectivity index (χ2n) is 6.12. The third-order valence-corrected chi connectivity index (χ3v) is 5.25. The molecule has 0 aliphatic carbocycles. The molecule has 0 radical (unpaired) electrons. The van der Waals surface area contributed by atoms with Crippen LogP contribution in [0.25, 0.3) is 0 Å². The van der Waals surface area contributed by atoms with Crippen molar-refractivity contribution in [3.05, 3.63) is 64.4 Å². The summed E-state index contributed by atoms with van der Waals surface area (Å²) in [6.45, 7) is 1.60. The Hall–Kier alpha value is -1.91. The monoisotopic (exact) mass is 330 g/mol. The molecule has 1 N–H and O–H groups in total.